The Bertz CT molecular complexity index is 746. The minimum atomic E-state index is -0.922. The third kappa shape index (κ3) is 2.36. The van der Waals surface area contributed by atoms with Crippen molar-refractivity contribution in [2.75, 3.05) is 6.54 Å². The summed E-state index contributed by atoms with van der Waals surface area (Å²) < 4.78 is 5.61. The molecule has 2 heterocycles. The Balaban J connectivity index is 1.86. The van der Waals surface area contributed by atoms with Crippen LogP contribution in [0.15, 0.2) is 22.8 Å². The van der Waals surface area contributed by atoms with Crippen LogP contribution in [0.25, 0.3) is 11.0 Å². The van der Waals surface area contributed by atoms with E-state index in [4.69, 9.17) is 4.42 Å². The van der Waals surface area contributed by atoms with Crippen LogP contribution in [0.3, 0.4) is 0 Å². The lowest BCUT2D eigenvalue weighted by atomic mass is 10.0. The van der Waals surface area contributed by atoms with Gasteiger partial charge in [0.1, 0.15) is 11.6 Å². The topological polar surface area (TPSA) is 70.8 Å². The second kappa shape index (κ2) is 5.48. The van der Waals surface area contributed by atoms with Gasteiger partial charge in [0.05, 0.1) is 12.7 Å². The SMILES string of the molecule is Cc1ccc2c(CC(=O)N3CCC[C@@H]3C(=O)O)coc2c1C. The molecule has 1 saturated heterocycles. The van der Waals surface area contributed by atoms with Gasteiger partial charge in [-0.05, 0) is 37.8 Å². The molecular formula is C17H19NO4. The van der Waals surface area contributed by atoms with Crippen LogP contribution in [0, 0.1) is 13.8 Å². The van der Waals surface area contributed by atoms with E-state index in [1.165, 1.54) is 4.90 Å². The Hall–Kier alpha value is -2.30. The summed E-state index contributed by atoms with van der Waals surface area (Å²) in [5.74, 6) is -1.07. The van der Waals surface area contributed by atoms with Crippen molar-refractivity contribution in [3.05, 3.63) is 35.1 Å². The molecule has 0 aliphatic carbocycles. The maximum Gasteiger partial charge on any atom is 0.326 e. The van der Waals surface area contributed by atoms with E-state index in [0.29, 0.717) is 13.0 Å². The van der Waals surface area contributed by atoms with Gasteiger partial charge in [0.2, 0.25) is 5.91 Å². The number of rotatable bonds is 3. The molecule has 5 nitrogen and oxygen atoms in total. The molecule has 22 heavy (non-hydrogen) atoms. The van der Waals surface area contributed by atoms with E-state index in [-0.39, 0.29) is 12.3 Å². The normalized spacial score (nSPS) is 18.1. The Morgan fingerprint density at radius 3 is 2.86 bits per heavy atom. The Labute approximate surface area is 128 Å². The first-order chi connectivity index (χ1) is 10.5. The minimum absolute atomic E-state index is 0.147. The number of hydrogen-bond donors (Lipinski definition) is 1. The standard InChI is InChI=1S/C17H19NO4/c1-10-5-6-13-12(9-22-16(13)11(10)2)8-15(19)18-7-3-4-14(18)17(20)21/h5-6,9,14H,3-4,7-8H2,1-2H3,(H,20,21)/t14-/m1/s1. The zero-order valence-electron chi connectivity index (χ0n) is 12.8. The van der Waals surface area contributed by atoms with Gasteiger partial charge in [0.15, 0.2) is 0 Å². The van der Waals surface area contributed by atoms with E-state index in [1.807, 2.05) is 26.0 Å². The van der Waals surface area contributed by atoms with Crippen LogP contribution in [0.5, 0.6) is 0 Å². The van der Waals surface area contributed by atoms with Crippen molar-refractivity contribution in [1.82, 2.24) is 4.90 Å². The van der Waals surface area contributed by atoms with Gasteiger partial charge in [-0.1, -0.05) is 12.1 Å². The van der Waals surface area contributed by atoms with Crippen LogP contribution < -0.4 is 0 Å². The largest absolute Gasteiger partial charge is 0.480 e. The number of aryl methyl sites for hydroxylation is 2. The fourth-order valence-electron chi connectivity index (χ4n) is 3.11. The molecule has 0 unspecified atom stereocenters. The molecule has 1 N–H and O–H groups in total. The van der Waals surface area contributed by atoms with E-state index in [1.54, 1.807) is 6.26 Å². The van der Waals surface area contributed by atoms with Crippen molar-refractivity contribution >= 4 is 22.8 Å². The molecule has 1 aliphatic heterocycles. The van der Waals surface area contributed by atoms with Crippen molar-refractivity contribution in [3.8, 4) is 0 Å². The number of nitrogens with zero attached hydrogens (tertiary/aromatic N) is 1. The number of aliphatic carboxylic acids is 1. The maximum absolute atomic E-state index is 12.4. The van der Waals surface area contributed by atoms with Crippen LogP contribution in [0.2, 0.25) is 0 Å². The maximum atomic E-state index is 12.4. The molecule has 116 valence electrons. The monoisotopic (exact) mass is 301 g/mol. The quantitative estimate of drug-likeness (QED) is 0.946. The number of amides is 1. The first-order valence-corrected chi connectivity index (χ1v) is 7.47. The van der Waals surface area contributed by atoms with Gasteiger partial charge in [-0.2, -0.15) is 0 Å². The molecule has 0 radical (unpaired) electrons. The smallest absolute Gasteiger partial charge is 0.326 e. The molecule has 0 spiro atoms. The summed E-state index contributed by atoms with van der Waals surface area (Å²) in [7, 11) is 0. The van der Waals surface area contributed by atoms with Gasteiger partial charge in [0.25, 0.3) is 0 Å². The first-order valence-electron chi connectivity index (χ1n) is 7.47. The minimum Gasteiger partial charge on any atom is -0.480 e. The molecule has 5 heteroatoms. The number of carboxylic acids is 1. The second-order valence-electron chi connectivity index (χ2n) is 5.91. The lowest BCUT2D eigenvalue weighted by molar-refractivity contribution is -0.147. The number of fused-ring (bicyclic) bond motifs is 1. The van der Waals surface area contributed by atoms with Gasteiger partial charge < -0.3 is 14.4 Å². The van der Waals surface area contributed by atoms with E-state index >= 15 is 0 Å². The van der Waals surface area contributed by atoms with Gasteiger partial charge in [0, 0.05) is 17.5 Å². The van der Waals surface area contributed by atoms with Crippen LogP contribution >= 0.6 is 0 Å². The summed E-state index contributed by atoms with van der Waals surface area (Å²) in [6.45, 7) is 4.53. The highest BCUT2D eigenvalue weighted by Crippen LogP contribution is 2.28. The third-order valence-corrected chi connectivity index (χ3v) is 4.54. The molecule has 1 aromatic carbocycles. The molecule has 3 rings (SSSR count). The molecule has 0 saturated carbocycles. The molecule has 1 aliphatic rings. The van der Waals surface area contributed by atoms with Gasteiger partial charge in [-0.3, -0.25) is 4.79 Å². The average molecular weight is 301 g/mol. The molecule has 1 aromatic heterocycles. The Morgan fingerprint density at radius 2 is 2.14 bits per heavy atom. The Morgan fingerprint density at radius 1 is 1.36 bits per heavy atom. The summed E-state index contributed by atoms with van der Waals surface area (Å²) >= 11 is 0. The van der Waals surface area contributed by atoms with Gasteiger partial charge >= 0.3 is 5.97 Å². The predicted molar refractivity (Wildman–Crippen MR) is 81.8 cm³/mol. The number of furan rings is 1. The van der Waals surface area contributed by atoms with Crippen molar-refractivity contribution in [3.63, 3.8) is 0 Å². The molecular weight excluding hydrogens is 282 g/mol. The van der Waals surface area contributed by atoms with Crippen LogP contribution in [-0.2, 0) is 16.0 Å². The van der Waals surface area contributed by atoms with Crippen LogP contribution in [-0.4, -0.2) is 34.5 Å². The number of carbonyl (C=O) groups is 2. The summed E-state index contributed by atoms with van der Waals surface area (Å²) in [6, 6.07) is 3.29. The van der Waals surface area contributed by atoms with Crippen molar-refractivity contribution in [2.45, 2.75) is 39.2 Å². The average Bonchev–Trinajstić information content (AvgIpc) is 3.10. The summed E-state index contributed by atoms with van der Waals surface area (Å²) in [6.07, 6.45) is 3.07. The fraction of sp³-hybridized carbons (Fsp3) is 0.412. The van der Waals surface area contributed by atoms with Gasteiger partial charge in [-0.25, -0.2) is 4.79 Å². The van der Waals surface area contributed by atoms with Crippen LogP contribution in [0.1, 0.15) is 29.5 Å². The van der Waals surface area contributed by atoms with Crippen molar-refractivity contribution in [2.24, 2.45) is 0 Å². The predicted octanol–water partition coefficient (Wildman–Crippen LogP) is 2.67. The number of hydrogen-bond acceptors (Lipinski definition) is 3. The van der Waals surface area contributed by atoms with Crippen LogP contribution in [0.4, 0.5) is 0 Å². The van der Waals surface area contributed by atoms with Gasteiger partial charge in [-0.15, -0.1) is 0 Å². The fourth-order valence-corrected chi connectivity index (χ4v) is 3.11. The molecule has 0 bridgehead atoms. The van der Waals surface area contributed by atoms with E-state index in [2.05, 4.69) is 0 Å². The highest BCUT2D eigenvalue weighted by atomic mass is 16.4. The summed E-state index contributed by atoms with van der Waals surface area (Å²) in [5.41, 5.74) is 3.84. The molecule has 1 fully saturated rings. The van der Waals surface area contributed by atoms with Crippen molar-refractivity contribution < 1.29 is 19.1 Å². The second-order valence-corrected chi connectivity index (χ2v) is 5.91. The highest BCUT2D eigenvalue weighted by Gasteiger charge is 2.34. The Kier molecular flexibility index (Phi) is 3.64. The zero-order chi connectivity index (χ0) is 15.9. The summed E-state index contributed by atoms with van der Waals surface area (Å²) in [5, 5.41) is 10.1. The number of carboxylic acid groups (broad SMARTS) is 1. The number of carbonyl (C=O) groups excluding carboxylic acids is 1. The highest BCUT2D eigenvalue weighted by molar-refractivity contribution is 5.91. The first kappa shape index (κ1) is 14.6. The lowest BCUT2D eigenvalue weighted by Crippen LogP contribution is -2.41. The summed E-state index contributed by atoms with van der Waals surface area (Å²) in [4.78, 5) is 25.1. The van der Waals surface area contributed by atoms with E-state index in [9.17, 15) is 14.7 Å². The molecule has 2 aromatic rings. The molecule has 1 amide bonds. The van der Waals surface area contributed by atoms with E-state index < -0.39 is 12.0 Å². The molecule has 1 atom stereocenters. The van der Waals surface area contributed by atoms with Crippen molar-refractivity contribution in [1.29, 1.82) is 0 Å². The van der Waals surface area contributed by atoms with E-state index in [0.717, 1.165) is 34.1 Å². The lowest BCUT2D eigenvalue weighted by Gasteiger charge is -2.21. The third-order valence-electron chi connectivity index (χ3n) is 4.54. The number of benzene rings is 1. The number of likely N-dealkylation sites (tertiary alicyclic amines) is 1. The zero-order valence-corrected chi connectivity index (χ0v) is 12.8.